The highest BCUT2D eigenvalue weighted by molar-refractivity contribution is 7.85. The Morgan fingerprint density at radius 1 is 1.43 bits per heavy atom. The Balaban J connectivity index is 3.55. The third-order valence-electron chi connectivity index (χ3n) is 1.63. The maximum absolute atomic E-state index is 11.0. The van der Waals surface area contributed by atoms with Crippen LogP contribution in [0.3, 0.4) is 0 Å². The first-order valence-corrected chi connectivity index (χ1v) is 6.14. The number of carbonyl (C=O) groups excluding carboxylic acids is 1. The van der Waals surface area contributed by atoms with Crippen LogP contribution in [0.5, 0.6) is 0 Å². The zero-order valence-corrected chi connectivity index (χ0v) is 9.30. The second-order valence-corrected chi connectivity index (χ2v) is 5.14. The number of carbonyl (C=O) groups is 1. The molecule has 84 valence electrons. The van der Waals surface area contributed by atoms with E-state index in [1.54, 1.807) is 0 Å². The van der Waals surface area contributed by atoms with E-state index in [2.05, 4.69) is 5.32 Å². The third kappa shape index (κ3) is 9.47. The molecule has 0 heterocycles. The summed E-state index contributed by atoms with van der Waals surface area (Å²) in [4.78, 5) is 11.0. The van der Waals surface area contributed by atoms with Gasteiger partial charge in [-0.1, -0.05) is 13.8 Å². The second-order valence-electron chi connectivity index (χ2n) is 3.57. The minimum absolute atomic E-state index is 0.0320. The molecule has 0 aliphatic heterocycles. The van der Waals surface area contributed by atoms with Crippen molar-refractivity contribution in [1.82, 2.24) is 5.32 Å². The smallest absolute Gasteiger partial charge is 0.266 e. The van der Waals surface area contributed by atoms with Crippen LogP contribution in [0.25, 0.3) is 0 Å². The predicted molar refractivity (Wildman–Crippen MR) is 53.5 cm³/mol. The minimum atomic E-state index is -3.97. The van der Waals surface area contributed by atoms with Gasteiger partial charge in [-0.15, -0.1) is 0 Å². The summed E-state index contributed by atoms with van der Waals surface area (Å²) in [7, 11) is -3.97. The third-order valence-corrected chi connectivity index (χ3v) is 2.35. The van der Waals surface area contributed by atoms with Crippen molar-refractivity contribution in [3.05, 3.63) is 0 Å². The summed E-state index contributed by atoms with van der Waals surface area (Å²) in [6.45, 7) is 3.98. The molecule has 1 amide bonds. The van der Waals surface area contributed by atoms with Gasteiger partial charge in [0.05, 0.1) is 5.75 Å². The summed E-state index contributed by atoms with van der Waals surface area (Å²) < 4.78 is 28.9. The minimum Gasteiger partial charge on any atom is -0.355 e. The van der Waals surface area contributed by atoms with Crippen LogP contribution in [-0.2, 0) is 14.9 Å². The van der Waals surface area contributed by atoms with Gasteiger partial charge in [-0.2, -0.15) is 8.42 Å². The fourth-order valence-corrected chi connectivity index (χ4v) is 1.19. The number of rotatable bonds is 6. The van der Waals surface area contributed by atoms with Crippen LogP contribution in [0.2, 0.25) is 0 Å². The molecule has 0 aromatic heterocycles. The van der Waals surface area contributed by atoms with Crippen molar-refractivity contribution >= 4 is 16.0 Å². The first kappa shape index (κ1) is 13.4. The van der Waals surface area contributed by atoms with Crippen molar-refractivity contribution in [3.8, 4) is 0 Å². The number of hydrogen-bond acceptors (Lipinski definition) is 3. The lowest BCUT2D eigenvalue weighted by atomic mass is 10.1. The molecule has 0 spiro atoms. The van der Waals surface area contributed by atoms with Crippen LogP contribution in [0, 0.1) is 5.92 Å². The lowest BCUT2D eigenvalue weighted by molar-refractivity contribution is -0.121. The average molecular weight is 223 g/mol. The molecule has 2 N–H and O–H groups in total. The van der Waals surface area contributed by atoms with Gasteiger partial charge in [-0.05, 0) is 12.3 Å². The van der Waals surface area contributed by atoms with Crippen LogP contribution >= 0.6 is 0 Å². The zero-order chi connectivity index (χ0) is 11.2. The van der Waals surface area contributed by atoms with E-state index in [0.717, 1.165) is 6.42 Å². The van der Waals surface area contributed by atoms with Crippen LogP contribution < -0.4 is 5.32 Å². The van der Waals surface area contributed by atoms with Crippen molar-refractivity contribution in [1.29, 1.82) is 0 Å². The molecule has 0 aromatic rings. The van der Waals surface area contributed by atoms with E-state index in [1.165, 1.54) is 0 Å². The molecular formula is C8H17NO4S. The molecule has 14 heavy (non-hydrogen) atoms. The number of hydrogen-bond donors (Lipinski definition) is 2. The van der Waals surface area contributed by atoms with E-state index < -0.39 is 15.9 Å². The van der Waals surface area contributed by atoms with Gasteiger partial charge in [0.1, 0.15) is 0 Å². The van der Waals surface area contributed by atoms with Crippen LogP contribution in [0.4, 0.5) is 0 Å². The van der Waals surface area contributed by atoms with E-state index in [9.17, 15) is 13.2 Å². The standard InChI is InChI=1S/C8H17NO4S/c1-7(2)3-4-8(10)9-5-6-14(11,12)13/h7H,3-6H2,1-2H3,(H,9,10)(H,11,12,13). The predicted octanol–water partition coefficient (Wildman–Crippen LogP) is 0.427. The molecule has 0 unspecified atom stereocenters. The van der Waals surface area contributed by atoms with Gasteiger partial charge in [0, 0.05) is 13.0 Å². The molecule has 0 aliphatic carbocycles. The molecular weight excluding hydrogens is 206 g/mol. The van der Waals surface area contributed by atoms with E-state index in [-0.39, 0.29) is 12.5 Å². The Morgan fingerprint density at radius 2 is 2.00 bits per heavy atom. The Hall–Kier alpha value is -0.620. The lowest BCUT2D eigenvalue weighted by Gasteiger charge is -2.05. The van der Waals surface area contributed by atoms with Crippen molar-refractivity contribution in [2.24, 2.45) is 5.92 Å². The molecule has 0 atom stereocenters. The fraction of sp³-hybridized carbons (Fsp3) is 0.875. The summed E-state index contributed by atoms with van der Waals surface area (Å²) in [6.07, 6.45) is 1.17. The van der Waals surface area contributed by atoms with E-state index in [0.29, 0.717) is 12.3 Å². The summed E-state index contributed by atoms with van der Waals surface area (Å²) in [5.74, 6) is -0.162. The number of nitrogens with one attached hydrogen (secondary N) is 1. The second kappa shape index (κ2) is 5.98. The normalized spacial score (nSPS) is 11.7. The summed E-state index contributed by atoms with van der Waals surface area (Å²) in [5.41, 5.74) is 0. The van der Waals surface area contributed by atoms with Gasteiger partial charge in [-0.3, -0.25) is 9.35 Å². The van der Waals surface area contributed by atoms with E-state index in [4.69, 9.17) is 4.55 Å². The quantitative estimate of drug-likeness (QED) is 0.639. The van der Waals surface area contributed by atoms with Gasteiger partial charge >= 0.3 is 0 Å². The Kier molecular flexibility index (Phi) is 5.71. The van der Waals surface area contributed by atoms with Crippen molar-refractivity contribution < 1.29 is 17.8 Å². The maximum atomic E-state index is 11.0. The molecule has 0 bridgehead atoms. The molecule has 0 aromatic carbocycles. The molecule has 0 aliphatic rings. The average Bonchev–Trinajstić information content (AvgIpc) is 1.98. The molecule has 0 rings (SSSR count). The molecule has 0 saturated heterocycles. The Labute approximate surface area is 84.6 Å². The van der Waals surface area contributed by atoms with Gasteiger partial charge in [0.2, 0.25) is 5.91 Å². The van der Waals surface area contributed by atoms with Crippen molar-refractivity contribution in [3.63, 3.8) is 0 Å². The van der Waals surface area contributed by atoms with Crippen LogP contribution in [0.1, 0.15) is 26.7 Å². The van der Waals surface area contributed by atoms with E-state index in [1.807, 2.05) is 13.8 Å². The molecule has 6 heteroatoms. The SMILES string of the molecule is CC(C)CCC(=O)NCCS(=O)(=O)O. The molecule has 5 nitrogen and oxygen atoms in total. The Morgan fingerprint density at radius 3 is 2.43 bits per heavy atom. The van der Waals surface area contributed by atoms with Gasteiger partial charge in [-0.25, -0.2) is 0 Å². The largest absolute Gasteiger partial charge is 0.355 e. The first-order valence-electron chi connectivity index (χ1n) is 4.53. The van der Waals surface area contributed by atoms with Gasteiger partial charge in [0.15, 0.2) is 0 Å². The summed E-state index contributed by atoms with van der Waals surface area (Å²) in [6, 6.07) is 0. The highest BCUT2D eigenvalue weighted by atomic mass is 32.2. The van der Waals surface area contributed by atoms with Crippen molar-refractivity contribution in [2.75, 3.05) is 12.3 Å². The van der Waals surface area contributed by atoms with Gasteiger partial charge < -0.3 is 5.32 Å². The highest BCUT2D eigenvalue weighted by Crippen LogP contribution is 2.02. The molecule has 0 saturated carbocycles. The van der Waals surface area contributed by atoms with Crippen LogP contribution in [0.15, 0.2) is 0 Å². The van der Waals surface area contributed by atoms with Crippen LogP contribution in [-0.4, -0.2) is 31.2 Å². The fourth-order valence-electron chi connectivity index (χ4n) is 0.828. The Bertz CT molecular complexity index is 271. The first-order chi connectivity index (χ1) is 6.31. The highest BCUT2D eigenvalue weighted by Gasteiger charge is 2.06. The topological polar surface area (TPSA) is 83.5 Å². The van der Waals surface area contributed by atoms with Crippen molar-refractivity contribution in [2.45, 2.75) is 26.7 Å². The number of amides is 1. The zero-order valence-electron chi connectivity index (χ0n) is 8.49. The summed E-state index contributed by atoms with van der Waals surface area (Å²) in [5, 5.41) is 2.42. The summed E-state index contributed by atoms with van der Waals surface area (Å²) >= 11 is 0. The molecule has 0 fully saturated rings. The lowest BCUT2D eigenvalue weighted by Crippen LogP contribution is -2.28. The van der Waals surface area contributed by atoms with E-state index >= 15 is 0 Å². The monoisotopic (exact) mass is 223 g/mol. The molecule has 0 radical (unpaired) electrons. The van der Waals surface area contributed by atoms with Gasteiger partial charge in [0.25, 0.3) is 10.1 Å². The maximum Gasteiger partial charge on any atom is 0.266 e.